The first-order valence-corrected chi connectivity index (χ1v) is 10.7. The van der Waals surface area contributed by atoms with E-state index in [1.807, 2.05) is 25.1 Å². The molecule has 26 heavy (non-hydrogen) atoms. The zero-order valence-corrected chi connectivity index (χ0v) is 16.7. The fourth-order valence-electron chi connectivity index (χ4n) is 3.52. The van der Waals surface area contributed by atoms with E-state index in [1.165, 1.54) is 13.2 Å². The molecule has 2 aromatic carbocycles. The van der Waals surface area contributed by atoms with E-state index < -0.39 is 10.0 Å². The lowest BCUT2D eigenvalue weighted by molar-refractivity contribution is 0.329. The van der Waals surface area contributed by atoms with Crippen LogP contribution in [-0.4, -0.2) is 26.4 Å². The third kappa shape index (κ3) is 3.90. The first-order valence-electron chi connectivity index (χ1n) is 8.85. The quantitative estimate of drug-likeness (QED) is 0.737. The molecule has 0 bridgehead atoms. The number of benzene rings is 2. The molecular formula is C20H24ClNO3S. The van der Waals surface area contributed by atoms with Gasteiger partial charge in [0.05, 0.1) is 23.1 Å². The minimum Gasteiger partial charge on any atom is -0.495 e. The second kappa shape index (κ2) is 7.99. The first-order chi connectivity index (χ1) is 12.4. The Kier molecular flexibility index (Phi) is 5.90. The fourth-order valence-corrected chi connectivity index (χ4v) is 5.55. The molecule has 1 fully saturated rings. The molecule has 0 unspecified atom stereocenters. The van der Waals surface area contributed by atoms with Crippen molar-refractivity contribution < 1.29 is 13.2 Å². The number of ether oxygens (including phenoxy) is 1. The molecule has 6 heteroatoms. The summed E-state index contributed by atoms with van der Waals surface area (Å²) in [4.78, 5) is 0.211. The van der Waals surface area contributed by atoms with Crippen molar-refractivity contribution in [1.82, 2.24) is 4.31 Å². The monoisotopic (exact) mass is 393 g/mol. The van der Waals surface area contributed by atoms with Crippen molar-refractivity contribution in [3.05, 3.63) is 58.6 Å². The molecule has 0 aromatic heterocycles. The van der Waals surface area contributed by atoms with Gasteiger partial charge in [0.2, 0.25) is 10.0 Å². The van der Waals surface area contributed by atoms with E-state index in [2.05, 4.69) is 6.07 Å². The number of hydrogen-bond acceptors (Lipinski definition) is 3. The van der Waals surface area contributed by atoms with Crippen molar-refractivity contribution in [3.63, 3.8) is 0 Å². The molecule has 0 saturated carbocycles. The highest BCUT2D eigenvalue weighted by Crippen LogP contribution is 2.36. The van der Waals surface area contributed by atoms with E-state index in [4.69, 9.17) is 16.3 Å². The van der Waals surface area contributed by atoms with E-state index in [1.54, 1.807) is 16.4 Å². The average molecular weight is 394 g/mol. The Bertz CT molecular complexity index is 882. The second-order valence-electron chi connectivity index (χ2n) is 6.69. The van der Waals surface area contributed by atoms with Crippen LogP contribution >= 0.6 is 11.6 Å². The number of aryl methyl sites for hydroxylation is 1. The molecular weight excluding hydrogens is 370 g/mol. The van der Waals surface area contributed by atoms with Gasteiger partial charge in [0.15, 0.2) is 0 Å². The lowest BCUT2D eigenvalue weighted by Gasteiger charge is -2.30. The van der Waals surface area contributed by atoms with Crippen molar-refractivity contribution in [2.75, 3.05) is 13.7 Å². The largest absolute Gasteiger partial charge is 0.495 e. The highest BCUT2D eigenvalue weighted by Gasteiger charge is 2.33. The van der Waals surface area contributed by atoms with Gasteiger partial charge < -0.3 is 4.74 Å². The van der Waals surface area contributed by atoms with Crippen LogP contribution in [0.25, 0.3) is 0 Å². The molecule has 1 atom stereocenters. The van der Waals surface area contributed by atoms with E-state index in [9.17, 15) is 8.42 Å². The topological polar surface area (TPSA) is 46.6 Å². The van der Waals surface area contributed by atoms with Crippen molar-refractivity contribution >= 4 is 21.6 Å². The lowest BCUT2D eigenvalue weighted by Crippen LogP contribution is -2.34. The molecule has 3 rings (SSSR count). The van der Waals surface area contributed by atoms with Crippen LogP contribution in [0.1, 0.15) is 42.9 Å². The summed E-state index contributed by atoms with van der Waals surface area (Å²) in [5.41, 5.74) is 2.19. The number of sulfonamides is 1. The van der Waals surface area contributed by atoms with E-state index in [0.29, 0.717) is 17.3 Å². The standard InChI is InChI=1S/C20H24ClNO3S/c1-15-7-6-8-16(13-15)19-9-4-3-5-12-22(19)26(23,24)17-10-11-20(25-2)18(21)14-17/h6-8,10-11,13-14,19H,3-5,9,12H2,1-2H3/t19-/m1/s1. The highest BCUT2D eigenvalue weighted by atomic mass is 35.5. The Balaban J connectivity index is 2.03. The molecule has 0 aliphatic carbocycles. The molecule has 0 spiro atoms. The van der Waals surface area contributed by atoms with Crippen LogP contribution in [-0.2, 0) is 10.0 Å². The van der Waals surface area contributed by atoms with Crippen LogP contribution < -0.4 is 4.74 Å². The van der Waals surface area contributed by atoms with Crippen molar-refractivity contribution in [2.24, 2.45) is 0 Å². The highest BCUT2D eigenvalue weighted by molar-refractivity contribution is 7.89. The van der Waals surface area contributed by atoms with Gasteiger partial charge in [-0.2, -0.15) is 4.31 Å². The van der Waals surface area contributed by atoms with Gasteiger partial charge >= 0.3 is 0 Å². The third-order valence-electron chi connectivity index (χ3n) is 4.86. The van der Waals surface area contributed by atoms with Gasteiger partial charge in [-0.1, -0.05) is 54.3 Å². The molecule has 140 valence electrons. The third-order valence-corrected chi connectivity index (χ3v) is 7.06. The second-order valence-corrected chi connectivity index (χ2v) is 8.99. The zero-order valence-electron chi connectivity index (χ0n) is 15.1. The minimum atomic E-state index is -3.65. The van der Waals surface area contributed by atoms with Gasteiger partial charge in [-0.05, 0) is 43.5 Å². The minimum absolute atomic E-state index is 0.150. The van der Waals surface area contributed by atoms with Gasteiger partial charge in [-0.25, -0.2) is 8.42 Å². The maximum atomic E-state index is 13.4. The molecule has 4 nitrogen and oxygen atoms in total. The van der Waals surface area contributed by atoms with Crippen LogP contribution in [0.2, 0.25) is 5.02 Å². The smallest absolute Gasteiger partial charge is 0.243 e. The summed E-state index contributed by atoms with van der Waals surface area (Å²) in [6.45, 7) is 2.55. The Morgan fingerprint density at radius 2 is 1.92 bits per heavy atom. The van der Waals surface area contributed by atoms with Gasteiger partial charge in [-0.15, -0.1) is 0 Å². The van der Waals surface area contributed by atoms with Crippen LogP contribution in [0, 0.1) is 6.92 Å². The SMILES string of the molecule is COc1ccc(S(=O)(=O)N2CCCCC[C@@H]2c2cccc(C)c2)cc1Cl. The van der Waals surface area contributed by atoms with Crippen LogP contribution in [0.15, 0.2) is 47.4 Å². The number of rotatable bonds is 4. The van der Waals surface area contributed by atoms with Crippen LogP contribution in [0.4, 0.5) is 0 Å². The van der Waals surface area contributed by atoms with Crippen LogP contribution in [0.5, 0.6) is 5.75 Å². The molecule has 1 aliphatic rings. The summed E-state index contributed by atoms with van der Waals surface area (Å²) in [6.07, 6.45) is 3.75. The van der Waals surface area contributed by atoms with Gasteiger partial charge in [0.1, 0.15) is 5.75 Å². The van der Waals surface area contributed by atoms with Crippen molar-refractivity contribution in [2.45, 2.75) is 43.5 Å². The van der Waals surface area contributed by atoms with E-state index >= 15 is 0 Å². The normalized spacial score (nSPS) is 19.1. The molecule has 1 heterocycles. The average Bonchev–Trinajstić information content (AvgIpc) is 2.88. The number of methoxy groups -OCH3 is 1. The Morgan fingerprint density at radius 1 is 1.12 bits per heavy atom. The van der Waals surface area contributed by atoms with Gasteiger partial charge in [0.25, 0.3) is 0 Å². The Labute approximate surface area is 160 Å². The van der Waals surface area contributed by atoms with Crippen molar-refractivity contribution in [1.29, 1.82) is 0 Å². The number of nitrogens with zero attached hydrogens (tertiary/aromatic N) is 1. The summed E-state index contributed by atoms with van der Waals surface area (Å²) >= 11 is 6.17. The molecule has 1 saturated heterocycles. The number of halogens is 1. The molecule has 0 radical (unpaired) electrons. The molecule has 2 aromatic rings. The summed E-state index contributed by atoms with van der Waals surface area (Å²) in [7, 11) is -2.14. The van der Waals surface area contributed by atoms with Crippen molar-refractivity contribution in [3.8, 4) is 5.75 Å². The van der Waals surface area contributed by atoms with E-state index in [0.717, 1.165) is 36.8 Å². The predicted octanol–water partition coefficient (Wildman–Crippen LogP) is 4.96. The summed E-state index contributed by atoms with van der Waals surface area (Å²) in [5, 5.41) is 0.301. The number of hydrogen-bond donors (Lipinski definition) is 0. The van der Waals surface area contributed by atoms with Gasteiger partial charge in [-0.3, -0.25) is 0 Å². The first kappa shape index (κ1) is 19.2. The Morgan fingerprint density at radius 3 is 2.62 bits per heavy atom. The van der Waals surface area contributed by atoms with Crippen LogP contribution in [0.3, 0.4) is 0 Å². The van der Waals surface area contributed by atoms with Gasteiger partial charge in [0, 0.05) is 6.54 Å². The lowest BCUT2D eigenvalue weighted by atomic mass is 10.0. The molecule has 0 amide bonds. The summed E-state index contributed by atoms with van der Waals surface area (Å²) in [5.74, 6) is 0.469. The Hall–Kier alpha value is -1.56. The predicted molar refractivity (Wildman–Crippen MR) is 104 cm³/mol. The maximum Gasteiger partial charge on any atom is 0.243 e. The summed E-state index contributed by atoms with van der Waals surface area (Å²) < 4.78 is 33.6. The molecule has 1 aliphatic heterocycles. The zero-order chi connectivity index (χ0) is 18.7. The molecule has 0 N–H and O–H groups in total. The summed E-state index contributed by atoms with van der Waals surface area (Å²) in [6, 6.07) is 12.6. The fraction of sp³-hybridized carbons (Fsp3) is 0.400. The maximum absolute atomic E-state index is 13.4. The van der Waals surface area contributed by atoms with E-state index in [-0.39, 0.29) is 10.9 Å².